The van der Waals surface area contributed by atoms with E-state index < -0.39 is 0 Å². The fraction of sp³-hybridized carbons (Fsp3) is 0.214. The summed E-state index contributed by atoms with van der Waals surface area (Å²) in [4.78, 5) is 28.1. The third-order valence-electron chi connectivity index (χ3n) is 6.35. The third-order valence-corrected chi connectivity index (χ3v) is 6.35. The fourth-order valence-corrected chi connectivity index (χ4v) is 4.38. The second-order valence-electron chi connectivity index (χ2n) is 8.95. The molecule has 8 heteroatoms. The molecule has 1 amide bonds. The number of nitrogens with one attached hydrogen (secondary N) is 3. The highest BCUT2D eigenvalue weighted by molar-refractivity contribution is 6.03. The van der Waals surface area contributed by atoms with Gasteiger partial charge in [0, 0.05) is 40.8 Å². The Morgan fingerprint density at radius 2 is 1.81 bits per heavy atom. The minimum atomic E-state index is -0.296. The Labute approximate surface area is 210 Å². The Morgan fingerprint density at radius 3 is 2.58 bits per heavy atom. The first-order valence-corrected chi connectivity index (χ1v) is 12.1. The molecule has 0 atom stereocenters. The van der Waals surface area contributed by atoms with Crippen molar-refractivity contribution in [2.75, 3.05) is 36.1 Å². The minimum Gasteiger partial charge on any atom is -0.382 e. The Hall–Kier alpha value is -4.30. The molecule has 1 saturated heterocycles. The summed E-state index contributed by atoms with van der Waals surface area (Å²) < 4.78 is 0. The summed E-state index contributed by atoms with van der Waals surface area (Å²) >= 11 is 0. The molecule has 0 aliphatic carbocycles. The van der Waals surface area contributed by atoms with Crippen LogP contribution in [0, 0.1) is 0 Å². The number of hydrogen-bond acceptors (Lipinski definition) is 7. The SMILES string of the molecule is C=CC(=O)Nc1cccnc1-c1cccc2cnc(Nc3ccc(NC4CCN(C)CC4)cc3)nc12. The number of carbonyl (C=O) groups is 1. The van der Waals surface area contributed by atoms with Crippen molar-refractivity contribution in [2.24, 2.45) is 0 Å². The highest BCUT2D eigenvalue weighted by Gasteiger charge is 2.16. The Morgan fingerprint density at radius 1 is 1.03 bits per heavy atom. The Balaban J connectivity index is 1.37. The smallest absolute Gasteiger partial charge is 0.247 e. The number of fused-ring (bicyclic) bond motifs is 1. The maximum absolute atomic E-state index is 11.9. The number of para-hydroxylation sites is 1. The zero-order valence-electron chi connectivity index (χ0n) is 20.2. The number of anilines is 4. The van der Waals surface area contributed by atoms with Gasteiger partial charge in [-0.25, -0.2) is 9.97 Å². The van der Waals surface area contributed by atoms with Crippen molar-refractivity contribution in [3.8, 4) is 11.3 Å². The number of carbonyl (C=O) groups excluding carboxylic acids is 1. The van der Waals surface area contributed by atoms with Gasteiger partial charge in [0.25, 0.3) is 0 Å². The van der Waals surface area contributed by atoms with E-state index in [1.807, 2.05) is 36.4 Å². The molecule has 182 valence electrons. The highest BCUT2D eigenvalue weighted by atomic mass is 16.1. The molecule has 1 fully saturated rings. The van der Waals surface area contributed by atoms with Crippen LogP contribution in [0.25, 0.3) is 22.2 Å². The Bertz CT molecular complexity index is 1380. The van der Waals surface area contributed by atoms with Crippen LogP contribution in [0.15, 0.2) is 79.6 Å². The Kier molecular flexibility index (Phi) is 6.86. The number of hydrogen-bond donors (Lipinski definition) is 3. The topological polar surface area (TPSA) is 95.1 Å². The van der Waals surface area contributed by atoms with E-state index in [1.54, 1.807) is 18.5 Å². The molecule has 1 aliphatic rings. The molecule has 1 aliphatic heterocycles. The van der Waals surface area contributed by atoms with Gasteiger partial charge in [-0.2, -0.15) is 0 Å². The summed E-state index contributed by atoms with van der Waals surface area (Å²) in [6, 6.07) is 18.1. The largest absolute Gasteiger partial charge is 0.382 e. The van der Waals surface area contributed by atoms with Crippen LogP contribution in [0.1, 0.15) is 12.8 Å². The average Bonchev–Trinajstić information content (AvgIpc) is 2.91. The van der Waals surface area contributed by atoms with Gasteiger partial charge in [-0.05, 0) is 75.5 Å². The van der Waals surface area contributed by atoms with Crippen LogP contribution >= 0.6 is 0 Å². The van der Waals surface area contributed by atoms with Crippen LogP contribution in [-0.4, -0.2) is 51.9 Å². The van der Waals surface area contributed by atoms with Crippen LogP contribution in [0.3, 0.4) is 0 Å². The van der Waals surface area contributed by atoms with Crippen LogP contribution in [0.5, 0.6) is 0 Å². The summed E-state index contributed by atoms with van der Waals surface area (Å²) in [7, 11) is 2.17. The molecule has 2 aromatic carbocycles. The molecule has 0 unspecified atom stereocenters. The molecule has 8 nitrogen and oxygen atoms in total. The molecule has 2 aromatic heterocycles. The van der Waals surface area contributed by atoms with Gasteiger partial charge in [-0.1, -0.05) is 24.8 Å². The first kappa shape index (κ1) is 23.4. The maximum Gasteiger partial charge on any atom is 0.247 e. The predicted molar refractivity (Wildman–Crippen MR) is 145 cm³/mol. The molecule has 0 radical (unpaired) electrons. The number of piperidine rings is 1. The summed E-state index contributed by atoms with van der Waals surface area (Å²) in [5.74, 6) is 0.189. The lowest BCUT2D eigenvalue weighted by Crippen LogP contribution is -2.36. The second kappa shape index (κ2) is 10.5. The second-order valence-corrected chi connectivity index (χ2v) is 8.95. The van der Waals surface area contributed by atoms with Crippen LogP contribution in [-0.2, 0) is 4.79 Å². The lowest BCUT2D eigenvalue weighted by Gasteiger charge is -2.30. The number of pyridine rings is 1. The van der Waals surface area contributed by atoms with E-state index in [2.05, 4.69) is 56.6 Å². The molecule has 36 heavy (non-hydrogen) atoms. The van der Waals surface area contributed by atoms with E-state index in [0.29, 0.717) is 23.4 Å². The highest BCUT2D eigenvalue weighted by Crippen LogP contribution is 2.31. The molecule has 0 saturated carbocycles. The summed E-state index contributed by atoms with van der Waals surface area (Å²) in [5, 5.41) is 10.6. The standard InChI is InChI=1S/C28H29N7O/c1-3-25(36)33-24-8-5-15-29-27(24)23-7-4-6-19-18-30-28(34-26(19)23)32-21-11-9-20(10-12-21)31-22-13-16-35(2)17-14-22/h3-12,15,18,22,31H,1,13-14,16-17H2,2H3,(H,33,36)(H,30,32,34). The average molecular weight is 480 g/mol. The first-order chi connectivity index (χ1) is 17.6. The van der Waals surface area contributed by atoms with Crippen LogP contribution in [0.4, 0.5) is 23.0 Å². The first-order valence-electron chi connectivity index (χ1n) is 12.1. The predicted octanol–water partition coefficient (Wildman–Crippen LogP) is 5.07. The van der Waals surface area contributed by atoms with E-state index in [1.165, 1.54) is 6.08 Å². The summed E-state index contributed by atoms with van der Waals surface area (Å²) in [6.45, 7) is 5.78. The fourth-order valence-electron chi connectivity index (χ4n) is 4.38. The van der Waals surface area contributed by atoms with Gasteiger partial charge in [0.15, 0.2) is 0 Å². The maximum atomic E-state index is 11.9. The number of aromatic nitrogens is 3. The van der Waals surface area contributed by atoms with Crippen molar-refractivity contribution in [1.82, 2.24) is 19.9 Å². The minimum absolute atomic E-state index is 0.296. The van der Waals surface area contributed by atoms with Gasteiger partial charge in [0.1, 0.15) is 0 Å². The molecule has 3 N–H and O–H groups in total. The normalized spacial score (nSPS) is 14.4. The molecular formula is C28H29N7O. The lowest BCUT2D eigenvalue weighted by atomic mass is 10.1. The third kappa shape index (κ3) is 5.34. The van der Waals surface area contributed by atoms with Gasteiger partial charge < -0.3 is 20.9 Å². The summed E-state index contributed by atoms with van der Waals surface area (Å²) in [6.07, 6.45) is 7.02. The number of amides is 1. The zero-order chi connectivity index (χ0) is 24.9. The van der Waals surface area contributed by atoms with Crippen molar-refractivity contribution in [2.45, 2.75) is 18.9 Å². The summed E-state index contributed by atoms with van der Waals surface area (Å²) in [5.41, 5.74) is 4.78. The van der Waals surface area contributed by atoms with E-state index in [9.17, 15) is 4.79 Å². The number of nitrogens with zero attached hydrogens (tertiary/aromatic N) is 4. The zero-order valence-corrected chi connectivity index (χ0v) is 20.2. The van der Waals surface area contributed by atoms with Crippen molar-refractivity contribution < 1.29 is 4.79 Å². The molecule has 0 bridgehead atoms. The van der Waals surface area contributed by atoms with E-state index in [4.69, 9.17) is 4.98 Å². The van der Waals surface area contributed by atoms with Gasteiger partial charge in [-0.3, -0.25) is 9.78 Å². The number of rotatable bonds is 7. The van der Waals surface area contributed by atoms with Gasteiger partial charge >= 0.3 is 0 Å². The van der Waals surface area contributed by atoms with E-state index in [0.717, 1.165) is 53.8 Å². The van der Waals surface area contributed by atoms with Gasteiger partial charge in [0.2, 0.25) is 11.9 Å². The number of benzene rings is 2. The van der Waals surface area contributed by atoms with Crippen LogP contribution in [0.2, 0.25) is 0 Å². The molecular weight excluding hydrogens is 450 g/mol. The van der Waals surface area contributed by atoms with Crippen molar-refractivity contribution in [3.63, 3.8) is 0 Å². The van der Waals surface area contributed by atoms with Gasteiger partial charge in [-0.15, -0.1) is 0 Å². The lowest BCUT2D eigenvalue weighted by molar-refractivity contribution is -0.111. The molecule has 4 aromatic rings. The molecule has 3 heterocycles. The van der Waals surface area contributed by atoms with Crippen molar-refractivity contribution in [3.05, 3.63) is 79.6 Å². The molecule has 0 spiro atoms. The van der Waals surface area contributed by atoms with Crippen LogP contribution < -0.4 is 16.0 Å². The van der Waals surface area contributed by atoms with Crippen molar-refractivity contribution >= 4 is 39.8 Å². The van der Waals surface area contributed by atoms with E-state index >= 15 is 0 Å². The number of likely N-dealkylation sites (tertiary alicyclic amines) is 1. The van der Waals surface area contributed by atoms with Gasteiger partial charge in [0.05, 0.1) is 16.9 Å². The molecule has 5 rings (SSSR count). The van der Waals surface area contributed by atoms with Crippen molar-refractivity contribution in [1.29, 1.82) is 0 Å². The monoisotopic (exact) mass is 479 g/mol. The van der Waals surface area contributed by atoms with E-state index in [-0.39, 0.29) is 5.91 Å². The quantitative estimate of drug-likeness (QED) is 0.319.